The summed E-state index contributed by atoms with van der Waals surface area (Å²) in [6.45, 7) is 1.78. The normalized spacial score (nSPS) is 12.1. The molecule has 162 valence electrons. The van der Waals surface area contributed by atoms with Crippen LogP contribution in [-0.4, -0.2) is 26.7 Å². The van der Waals surface area contributed by atoms with Crippen molar-refractivity contribution < 1.29 is 17.9 Å². The Bertz CT molecular complexity index is 1170. The van der Waals surface area contributed by atoms with Crippen LogP contribution in [0.4, 0.5) is 11.4 Å². The molecule has 0 aliphatic rings. The number of halogens is 1. The Balaban J connectivity index is 1.66. The standard InChI is InChI=1S/C22H21ClN2O4S2/c1-15(30-21-10-6-3-7-18(21)23)22(26)24-16-11-13-17(14-12-16)31(27,28)25-19-8-4-5-9-20(19)29-2/h3-15,25H,1-2H3,(H,24,26). The van der Waals surface area contributed by atoms with Gasteiger partial charge in [-0.05, 0) is 55.5 Å². The summed E-state index contributed by atoms with van der Waals surface area (Å²) in [7, 11) is -2.35. The molecule has 3 rings (SSSR count). The summed E-state index contributed by atoms with van der Waals surface area (Å²) in [4.78, 5) is 13.4. The number of para-hydroxylation sites is 2. The Kier molecular flexibility index (Phi) is 7.48. The van der Waals surface area contributed by atoms with Crippen molar-refractivity contribution in [1.29, 1.82) is 0 Å². The molecule has 31 heavy (non-hydrogen) atoms. The molecule has 0 heterocycles. The van der Waals surface area contributed by atoms with Crippen molar-refractivity contribution in [1.82, 2.24) is 0 Å². The summed E-state index contributed by atoms with van der Waals surface area (Å²) < 4.78 is 33.0. The predicted molar refractivity (Wildman–Crippen MR) is 126 cm³/mol. The van der Waals surface area contributed by atoms with Gasteiger partial charge in [-0.3, -0.25) is 9.52 Å². The highest BCUT2D eigenvalue weighted by Gasteiger charge is 2.18. The van der Waals surface area contributed by atoms with E-state index in [2.05, 4.69) is 10.0 Å². The molecule has 0 fully saturated rings. The van der Waals surface area contributed by atoms with Gasteiger partial charge in [-0.2, -0.15) is 0 Å². The summed E-state index contributed by atoms with van der Waals surface area (Å²) >= 11 is 7.50. The Hall–Kier alpha value is -2.68. The van der Waals surface area contributed by atoms with Gasteiger partial charge in [-0.1, -0.05) is 35.9 Å². The number of nitrogens with one attached hydrogen (secondary N) is 2. The average molecular weight is 477 g/mol. The number of amides is 1. The number of sulfonamides is 1. The molecular weight excluding hydrogens is 456 g/mol. The second-order valence-electron chi connectivity index (χ2n) is 6.51. The molecule has 0 aliphatic heterocycles. The van der Waals surface area contributed by atoms with E-state index >= 15 is 0 Å². The molecule has 0 radical (unpaired) electrons. The van der Waals surface area contributed by atoms with Crippen molar-refractivity contribution in [3.8, 4) is 5.75 Å². The zero-order valence-corrected chi connectivity index (χ0v) is 19.2. The van der Waals surface area contributed by atoms with Gasteiger partial charge in [0.1, 0.15) is 5.75 Å². The van der Waals surface area contributed by atoms with E-state index in [4.69, 9.17) is 16.3 Å². The van der Waals surface area contributed by atoms with Crippen LogP contribution in [0, 0.1) is 0 Å². The molecule has 0 aromatic heterocycles. The van der Waals surface area contributed by atoms with Crippen molar-refractivity contribution >= 4 is 50.7 Å². The van der Waals surface area contributed by atoms with Gasteiger partial charge in [0.25, 0.3) is 10.0 Å². The summed E-state index contributed by atoms with van der Waals surface area (Å²) in [6, 6.07) is 20.0. The van der Waals surface area contributed by atoms with Gasteiger partial charge >= 0.3 is 0 Å². The lowest BCUT2D eigenvalue weighted by molar-refractivity contribution is -0.115. The minimum atomic E-state index is -3.81. The maximum atomic E-state index is 12.7. The number of anilines is 2. The summed E-state index contributed by atoms with van der Waals surface area (Å²) in [6.07, 6.45) is 0. The van der Waals surface area contributed by atoms with E-state index in [0.717, 1.165) is 4.90 Å². The minimum Gasteiger partial charge on any atom is -0.495 e. The highest BCUT2D eigenvalue weighted by atomic mass is 35.5. The molecule has 2 N–H and O–H groups in total. The summed E-state index contributed by atoms with van der Waals surface area (Å²) in [5.74, 6) is 0.202. The van der Waals surface area contributed by atoms with Crippen LogP contribution in [-0.2, 0) is 14.8 Å². The smallest absolute Gasteiger partial charge is 0.262 e. The molecule has 0 bridgehead atoms. The van der Waals surface area contributed by atoms with Crippen LogP contribution in [0.25, 0.3) is 0 Å². The highest BCUT2D eigenvalue weighted by Crippen LogP contribution is 2.31. The van der Waals surface area contributed by atoms with Crippen LogP contribution in [0.3, 0.4) is 0 Å². The second kappa shape index (κ2) is 10.1. The Labute approximate surface area is 191 Å². The van der Waals surface area contributed by atoms with Crippen molar-refractivity contribution in [2.45, 2.75) is 22.0 Å². The monoisotopic (exact) mass is 476 g/mol. The van der Waals surface area contributed by atoms with Gasteiger partial charge in [0.05, 0.1) is 28.0 Å². The predicted octanol–water partition coefficient (Wildman–Crippen LogP) is 5.27. The molecule has 1 atom stereocenters. The molecule has 6 nitrogen and oxygen atoms in total. The quantitative estimate of drug-likeness (QED) is 0.433. The number of methoxy groups -OCH3 is 1. The van der Waals surface area contributed by atoms with Crippen LogP contribution < -0.4 is 14.8 Å². The number of ether oxygens (including phenoxy) is 1. The van der Waals surface area contributed by atoms with Crippen molar-refractivity contribution in [2.24, 2.45) is 0 Å². The van der Waals surface area contributed by atoms with Crippen LogP contribution in [0.1, 0.15) is 6.92 Å². The minimum absolute atomic E-state index is 0.0647. The number of hydrogen-bond acceptors (Lipinski definition) is 5. The fourth-order valence-electron chi connectivity index (χ4n) is 2.68. The van der Waals surface area contributed by atoms with Crippen LogP contribution in [0.2, 0.25) is 5.02 Å². The third-order valence-electron chi connectivity index (χ3n) is 4.29. The molecule has 3 aromatic rings. The third-order valence-corrected chi connectivity index (χ3v) is 7.29. The van der Waals surface area contributed by atoms with E-state index < -0.39 is 15.3 Å². The molecule has 0 spiro atoms. The molecule has 3 aromatic carbocycles. The van der Waals surface area contributed by atoms with E-state index in [1.165, 1.54) is 31.0 Å². The SMILES string of the molecule is COc1ccccc1NS(=O)(=O)c1ccc(NC(=O)C(C)Sc2ccccc2Cl)cc1. The van der Waals surface area contributed by atoms with Gasteiger partial charge in [0.15, 0.2) is 0 Å². The van der Waals surface area contributed by atoms with Gasteiger partial charge in [-0.25, -0.2) is 8.42 Å². The van der Waals surface area contributed by atoms with Crippen LogP contribution in [0.15, 0.2) is 82.6 Å². The van der Waals surface area contributed by atoms with Crippen LogP contribution >= 0.6 is 23.4 Å². The largest absolute Gasteiger partial charge is 0.495 e. The van der Waals surface area contributed by atoms with E-state index in [1.54, 1.807) is 49.4 Å². The lowest BCUT2D eigenvalue weighted by Crippen LogP contribution is -2.22. The maximum absolute atomic E-state index is 12.7. The Morgan fingerprint density at radius 1 is 1.00 bits per heavy atom. The lowest BCUT2D eigenvalue weighted by atomic mass is 10.3. The van der Waals surface area contributed by atoms with Crippen molar-refractivity contribution in [3.63, 3.8) is 0 Å². The maximum Gasteiger partial charge on any atom is 0.262 e. The number of carbonyl (C=O) groups excluding carboxylic acids is 1. The Morgan fingerprint density at radius 2 is 1.65 bits per heavy atom. The molecule has 0 saturated carbocycles. The van der Waals surface area contributed by atoms with E-state index in [0.29, 0.717) is 22.1 Å². The molecule has 9 heteroatoms. The Morgan fingerprint density at radius 3 is 2.32 bits per heavy atom. The molecule has 1 unspecified atom stereocenters. The van der Waals surface area contributed by atoms with E-state index in [-0.39, 0.29) is 10.8 Å². The summed E-state index contributed by atoms with van der Waals surface area (Å²) in [5.41, 5.74) is 0.834. The van der Waals surface area contributed by atoms with E-state index in [1.807, 2.05) is 18.2 Å². The van der Waals surface area contributed by atoms with Gasteiger partial charge in [0, 0.05) is 10.6 Å². The number of thioether (sulfide) groups is 1. The average Bonchev–Trinajstić information content (AvgIpc) is 2.76. The van der Waals surface area contributed by atoms with Gasteiger partial charge < -0.3 is 10.1 Å². The number of hydrogen-bond donors (Lipinski definition) is 2. The van der Waals surface area contributed by atoms with E-state index in [9.17, 15) is 13.2 Å². The summed E-state index contributed by atoms with van der Waals surface area (Å²) in [5, 5.41) is 2.98. The zero-order valence-electron chi connectivity index (χ0n) is 16.8. The molecule has 0 aliphatic carbocycles. The first-order valence-electron chi connectivity index (χ1n) is 9.28. The topological polar surface area (TPSA) is 84.5 Å². The van der Waals surface area contributed by atoms with Crippen LogP contribution in [0.5, 0.6) is 5.75 Å². The highest BCUT2D eigenvalue weighted by molar-refractivity contribution is 8.00. The zero-order chi connectivity index (χ0) is 22.4. The fraction of sp³-hybridized carbons (Fsp3) is 0.136. The van der Waals surface area contributed by atoms with Crippen molar-refractivity contribution in [3.05, 3.63) is 77.8 Å². The number of rotatable bonds is 8. The first-order valence-corrected chi connectivity index (χ1v) is 12.0. The molecular formula is C22H21ClN2O4S2. The first-order chi connectivity index (χ1) is 14.8. The molecule has 1 amide bonds. The fourth-order valence-corrected chi connectivity index (χ4v) is 4.90. The number of carbonyl (C=O) groups is 1. The lowest BCUT2D eigenvalue weighted by Gasteiger charge is -2.14. The number of benzene rings is 3. The van der Waals surface area contributed by atoms with Gasteiger partial charge in [0.2, 0.25) is 5.91 Å². The third kappa shape index (κ3) is 5.94. The van der Waals surface area contributed by atoms with Crippen molar-refractivity contribution in [2.75, 3.05) is 17.1 Å². The second-order valence-corrected chi connectivity index (χ2v) is 9.98. The van der Waals surface area contributed by atoms with Gasteiger partial charge in [-0.15, -0.1) is 11.8 Å². The molecule has 0 saturated heterocycles. The first kappa shape index (κ1) is 23.0.